The third-order valence-corrected chi connectivity index (χ3v) is 1.80. The Bertz CT molecular complexity index is 351. The van der Waals surface area contributed by atoms with Crippen molar-refractivity contribution in [2.24, 2.45) is 11.5 Å². The second kappa shape index (κ2) is 5.11. The number of carbonyl (C=O) groups is 2. The molecule has 1 amide bonds. The Balaban J connectivity index is 2.52. The van der Waals surface area contributed by atoms with E-state index in [2.05, 4.69) is 10.5 Å². The van der Waals surface area contributed by atoms with Crippen LogP contribution in [0.1, 0.15) is 5.56 Å². The summed E-state index contributed by atoms with van der Waals surface area (Å²) in [5, 5.41) is 0. The van der Waals surface area contributed by atoms with Gasteiger partial charge >= 0.3 is 12.1 Å². The molecule has 1 aromatic rings. The highest BCUT2D eigenvalue weighted by atomic mass is 16.6. The van der Waals surface area contributed by atoms with Crippen LogP contribution in [0.4, 0.5) is 4.79 Å². The predicted molar refractivity (Wildman–Crippen MR) is 53.8 cm³/mol. The Morgan fingerprint density at radius 1 is 1.27 bits per heavy atom. The van der Waals surface area contributed by atoms with E-state index >= 15 is 0 Å². The molecule has 0 aromatic heterocycles. The Morgan fingerprint density at radius 2 is 1.87 bits per heavy atom. The minimum Gasteiger partial charge on any atom is -0.375 e. The zero-order chi connectivity index (χ0) is 11.3. The fourth-order valence-electron chi connectivity index (χ4n) is 1.13. The average molecular weight is 208 g/mol. The number of benzene rings is 1. The minimum absolute atomic E-state index is 0.312. The molecule has 0 radical (unpaired) electrons. The summed E-state index contributed by atoms with van der Waals surface area (Å²) in [7, 11) is 0. The van der Waals surface area contributed by atoms with E-state index < -0.39 is 18.1 Å². The van der Waals surface area contributed by atoms with Gasteiger partial charge in [0.25, 0.3) is 0 Å². The van der Waals surface area contributed by atoms with E-state index in [1.807, 2.05) is 30.3 Å². The number of ether oxygens (including phenoxy) is 1. The fourth-order valence-corrected chi connectivity index (χ4v) is 1.13. The molecule has 1 atom stereocenters. The summed E-state index contributed by atoms with van der Waals surface area (Å²) in [6, 6.07) is 8.31. The summed E-state index contributed by atoms with van der Waals surface area (Å²) in [4.78, 5) is 21.4. The van der Waals surface area contributed by atoms with Crippen molar-refractivity contribution >= 4 is 12.1 Å². The smallest absolute Gasteiger partial charge is 0.375 e. The number of esters is 1. The first-order chi connectivity index (χ1) is 7.09. The Morgan fingerprint density at radius 3 is 2.40 bits per heavy atom. The molecule has 0 saturated carbocycles. The van der Waals surface area contributed by atoms with E-state index in [0.29, 0.717) is 6.42 Å². The van der Waals surface area contributed by atoms with Crippen molar-refractivity contribution in [3.05, 3.63) is 35.9 Å². The van der Waals surface area contributed by atoms with E-state index in [4.69, 9.17) is 5.73 Å². The third kappa shape index (κ3) is 3.78. The number of amides is 1. The van der Waals surface area contributed by atoms with E-state index in [1.54, 1.807) is 0 Å². The van der Waals surface area contributed by atoms with Gasteiger partial charge < -0.3 is 16.2 Å². The quantitative estimate of drug-likeness (QED) is 0.547. The molecule has 0 aliphatic rings. The summed E-state index contributed by atoms with van der Waals surface area (Å²) in [6.45, 7) is 0. The molecule has 0 aliphatic carbocycles. The van der Waals surface area contributed by atoms with E-state index in [-0.39, 0.29) is 0 Å². The molecule has 15 heavy (non-hydrogen) atoms. The number of primary amides is 1. The summed E-state index contributed by atoms with van der Waals surface area (Å²) in [6.07, 6.45) is -0.823. The maximum Gasteiger partial charge on any atom is 0.412 e. The SMILES string of the molecule is NC(=O)OC(=O)[C@@H](N)Cc1ccccc1. The Hall–Kier alpha value is -1.88. The highest BCUT2D eigenvalue weighted by Gasteiger charge is 2.17. The number of nitrogens with two attached hydrogens (primary N) is 2. The summed E-state index contributed by atoms with van der Waals surface area (Å²) in [5.74, 6) is -0.814. The van der Waals surface area contributed by atoms with Gasteiger partial charge in [0.1, 0.15) is 6.04 Å². The molecule has 80 valence electrons. The lowest BCUT2D eigenvalue weighted by atomic mass is 10.1. The number of carbonyl (C=O) groups excluding carboxylic acids is 2. The summed E-state index contributed by atoms with van der Waals surface area (Å²) < 4.78 is 4.16. The van der Waals surface area contributed by atoms with Gasteiger partial charge in [-0.25, -0.2) is 9.59 Å². The van der Waals surface area contributed by atoms with Gasteiger partial charge in [0, 0.05) is 0 Å². The molecule has 0 spiro atoms. The van der Waals surface area contributed by atoms with Crippen molar-refractivity contribution in [1.82, 2.24) is 0 Å². The first kappa shape index (κ1) is 11.2. The maximum absolute atomic E-state index is 11.1. The Kier molecular flexibility index (Phi) is 3.82. The van der Waals surface area contributed by atoms with Gasteiger partial charge in [0.2, 0.25) is 0 Å². The third-order valence-electron chi connectivity index (χ3n) is 1.80. The number of hydrogen-bond donors (Lipinski definition) is 2. The molecule has 5 nitrogen and oxygen atoms in total. The molecule has 1 aromatic carbocycles. The molecule has 0 saturated heterocycles. The molecule has 1 rings (SSSR count). The zero-order valence-corrected chi connectivity index (χ0v) is 8.05. The fraction of sp³-hybridized carbons (Fsp3) is 0.200. The highest BCUT2D eigenvalue weighted by molar-refractivity contribution is 5.86. The average Bonchev–Trinajstić information content (AvgIpc) is 2.18. The molecule has 0 fully saturated rings. The highest BCUT2D eigenvalue weighted by Crippen LogP contribution is 2.02. The second-order valence-electron chi connectivity index (χ2n) is 3.04. The van der Waals surface area contributed by atoms with E-state index in [9.17, 15) is 9.59 Å². The number of hydrogen-bond acceptors (Lipinski definition) is 4. The maximum atomic E-state index is 11.1. The van der Waals surface area contributed by atoms with Crippen molar-refractivity contribution in [2.45, 2.75) is 12.5 Å². The second-order valence-corrected chi connectivity index (χ2v) is 3.04. The van der Waals surface area contributed by atoms with Crippen LogP contribution in [0, 0.1) is 0 Å². The van der Waals surface area contributed by atoms with Crippen LogP contribution in [0.5, 0.6) is 0 Å². The van der Waals surface area contributed by atoms with Crippen LogP contribution in [-0.4, -0.2) is 18.1 Å². The standard InChI is InChI=1S/C10H12N2O3/c11-8(9(13)15-10(12)14)6-7-4-2-1-3-5-7/h1-5,8H,6,11H2,(H2,12,14)/t8-/m0/s1. The van der Waals surface area contributed by atoms with Crippen LogP contribution < -0.4 is 11.5 Å². The topological polar surface area (TPSA) is 95.4 Å². The number of rotatable bonds is 3. The molecular weight excluding hydrogens is 196 g/mol. The van der Waals surface area contributed by atoms with Crippen molar-refractivity contribution in [2.75, 3.05) is 0 Å². The van der Waals surface area contributed by atoms with Gasteiger partial charge in [0.05, 0.1) is 0 Å². The van der Waals surface area contributed by atoms with Crippen LogP contribution in [-0.2, 0) is 16.0 Å². The predicted octanol–water partition coefficient (Wildman–Crippen LogP) is 0.178. The van der Waals surface area contributed by atoms with Gasteiger partial charge in [-0.05, 0) is 12.0 Å². The van der Waals surface area contributed by atoms with Crippen molar-refractivity contribution in [3.8, 4) is 0 Å². The lowest BCUT2D eigenvalue weighted by Gasteiger charge is -2.08. The lowest BCUT2D eigenvalue weighted by Crippen LogP contribution is -2.36. The zero-order valence-electron chi connectivity index (χ0n) is 8.05. The summed E-state index contributed by atoms with van der Waals surface area (Å²) in [5.41, 5.74) is 11.1. The van der Waals surface area contributed by atoms with Crippen molar-refractivity contribution in [1.29, 1.82) is 0 Å². The van der Waals surface area contributed by atoms with E-state index in [0.717, 1.165) is 5.56 Å². The Labute approximate surface area is 87.0 Å². The molecule has 4 N–H and O–H groups in total. The largest absolute Gasteiger partial charge is 0.412 e. The van der Waals surface area contributed by atoms with Gasteiger partial charge in [-0.1, -0.05) is 30.3 Å². The van der Waals surface area contributed by atoms with Crippen LogP contribution in [0.15, 0.2) is 30.3 Å². The van der Waals surface area contributed by atoms with Crippen LogP contribution >= 0.6 is 0 Å². The monoisotopic (exact) mass is 208 g/mol. The molecule has 0 aliphatic heterocycles. The lowest BCUT2D eigenvalue weighted by molar-refractivity contribution is -0.138. The first-order valence-corrected chi connectivity index (χ1v) is 4.40. The van der Waals surface area contributed by atoms with Crippen molar-refractivity contribution in [3.63, 3.8) is 0 Å². The van der Waals surface area contributed by atoms with Gasteiger partial charge in [-0.3, -0.25) is 0 Å². The molecule has 0 unspecified atom stereocenters. The van der Waals surface area contributed by atoms with Crippen LogP contribution in [0.3, 0.4) is 0 Å². The minimum atomic E-state index is -1.14. The van der Waals surface area contributed by atoms with Crippen LogP contribution in [0.2, 0.25) is 0 Å². The molecular formula is C10H12N2O3. The van der Waals surface area contributed by atoms with Crippen LogP contribution in [0.25, 0.3) is 0 Å². The summed E-state index contributed by atoms with van der Waals surface area (Å²) >= 11 is 0. The normalized spacial score (nSPS) is 11.8. The molecule has 0 heterocycles. The van der Waals surface area contributed by atoms with Gasteiger partial charge in [0.15, 0.2) is 0 Å². The molecule has 5 heteroatoms. The van der Waals surface area contributed by atoms with Gasteiger partial charge in [-0.2, -0.15) is 0 Å². The van der Waals surface area contributed by atoms with E-state index in [1.165, 1.54) is 0 Å². The van der Waals surface area contributed by atoms with Gasteiger partial charge in [-0.15, -0.1) is 0 Å². The van der Waals surface area contributed by atoms with Crippen molar-refractivity contribution < 1.29 is 14.3 Å². The first-order valence-electron chi connectivity index (χ1n) is 4.40. The molecule has 0 bridgehead atoms.